The van der Waals surface area contributed by atoms with E-state index in [0.717, 1.165) is 38.4 Å². The van der Waals surface area contributed by atoms with Crippen LogP contribution in [-0.2, 0) is 18.5 Å². The summed E-state index contributed by atoms with van der Waals surface area (Å²) in [4.78, 5) is 14.5. The van der Waals surface area contributed by atoms with Gasteiger partial charge in [-0.15, -0.1) is 0 Å². The van der Waals surface area contributed by atoms with E-state index >= 15 is 0 Å². The highest BCUT2D eigenvalue weighted by Crippen LogP contribution is 2.45. The Balaban J connectivity index is 1.38. The zero-order valence-corrected chi connectivity index (χ0v) is 16.4. The van der Waals surface area contributed by atoms with Crippen molar-refractivity contribution >= 4 is 5.69 Å². The molecule has 0 N–H and O–H groups in total. The molecule has 1 aromatic carbocycles. The maximum atomic E-state index is 4.85. The molecule has 1 saturated heterocycles. The fourth-order valence-electron chi connectivity index (χ4n) is 4.90. The van der Waals surface area contributed by atoms with Gasteiger partial charge in [0.1, 0.15) is 0 Å². The van der Waals surface area contributed by atoms with Crippen molar-refractivity contribution in [2.75, 3.05) is 24.5 Å². The fraction of sp³-hybridized carbons (Fsp3) is 0.333. The zero-order valence-electron chi connectivity index (χ0n) is 16.4. The van der Waals surface area contributed by atoms with E-state index in [1.807, 2.05) is 18.5 Å². The topological polar surface area (TPSA) is 32.3 Å². The molecule has 0 aliphatic carbocycles. The van der Waals surface area contributed by atoms with Gasteiger partial charge in [-0.05, 0) is 49.7 Å². The Hall–Kier alpha value is -2.72. The van der Waals surface area contributed by atoms with Crippen LogP contribution in [0.25, 0.3) is 0 Å². The molecule has 0 saturated carbocycles. The van der Waals surface area contributed by atoms with E-state index in [4.69, 9.17) is 4.98 Å². The predicted octanol–water partition coefficient (Wildman–Crippen LogP) is 3.95. The first-order chi connectivity index (χ1) is 13.7. The second kappa shape index (κ2) is 7.02. The van der Waals surface area contributed by atoms with E-state index < -0.39 is 0 Å². The maximum absolute atomic E-state index is 4.85. The van der Waals surface area contributed by atoms with Crippen molar-refractivity contribution in [2.24, 2.45) is 0 Å². The van der Waals surface area contributed by atoms with E-state index in [-0.39, 0.29) is 5.41 Å². The Morgan fingerprint density at radius 3 is 2.71 bits per heavy atom. The van der Waals surface area contributed by atoms with Crippen LogP contribution in [0, 0.1) is 6.92 Å². The van der Waals surface area contributed by atoms with Crippen LogP contribution in [0.15, 0.2) is 67.0 Å². The standard InChI is InChI=1S/C24H26N4/c1-19-6-4-7-20(14-19)15-27-13-10-24(17-27)18-28(16-21-8-2-3-11-25-21)22-9-5-12-26-23(22)24/h2-9,11-12,14H,10,13,15-18H2,1H3/t24-/m0/s1. The average molecular weight is 371 g/mol. The quantitative estimate of drug-likeness (QED) is 0.696. The first-order valence-corrected chi connectivity index (χ1v) is 10.1. The van der Waals surface area contributed by atoms with Gasteiger partial charge in [-0.2, -0.15) is 0 Å². The molecule has 0 amide bonds. The minimum atomic E-state index is 0.134. The molecule has 142 valence electrons. The summed E-state index contributed by atoms with van der Waals surface area (Å²) >= 11 is 0. The van der Waals surface area contributed by atoms with Crippen LogP contribution in [0.5, 0.6) is 0 Å². The number of anilines is 1. The van der Waals surface area contributed by atoms with E-state index in [0.29, 0.717) is 0 Å². The van der Waals surface area contributed by atoms with Gasteiger partial charge >= 0.3 is 0 Å². The molecule has 4 heteroatoms. The summed E-state index contributed by atoms with van der Waals surface area (Å²) in [5, 5.41) is 0. The maximum Gasteiger partial charge on any atom is 0.0729 e. The van der Waals surface area contributed by atoms with E-state index in [2.05, 4.69) is 70.2 Å². The van der Waals surface area contributed by atoms with Gasteiger partial charge in [-0.25, -0.2) is 0 Å². The van der Waals surface area contributed by atoms with E-state index in [1.165, 1.54) is 28.9 Å². The van der Waals surface area contributed by atoms with Crippen LogP contribution >= 0.6 is 0 Å². The molecule has 1 fully saturated rings. The number of benzene rings is 1. The SMILES string of the molecule is Cc1cccc(CN2CC[C@]3(C2)CN(Cc2ccccn2)c2cccnc23)c1. The molecule has 3 aromatic rings. The lowest BCUT2D eigenvalue weighted by molar-refractivity contribution is 0.305. The second-order valence-electron chi connectivity index (χ2n) is 8.28. The zero-order chi connectivity index (χ0) is 19.0. The highest BCUT2D eigenvalue weighted by Gasteiger charge is 2.48. The molecule has 28 heavy (non-hydrogen) atoms. The molecule has 1 atom stereocenters. The number of hydrogen-bond acceptors (Lipinski definition) is 4. The minimum absolute atomic E-state index is 0.134. The molecule has 2 aliphatic heterocycles. The number of aromatic nitrogens is 2. The molecule has 2 aromatic heterocycles. The number of likely N-dealkylation sites (tertiary alicyclic amines) is 1. The number of fused-ring (bicyclic) bond motifs is 2. The van der Waals surface area contributed by atoms with Crippen molar-refractivity contribution in [3.63, 3.8) is 0 Å². The van der Waals surface area contributed by atoms with Gasteiger partial charge in [0.15, 0.2) is 0 Å². The Bertz CT molecular complexity index is 971. The molecule has 4 nitrogen and oxygen atoms in total. The normalized spacial score (nSPS) is 21.4. The molecule has 4 heterocycles. The van der Waals surface area contributed by atoms with Crippen LogP contribution in [0.1, 0.15) is 28.9 Å². The molecular weight excluding hydrogens is 344 g/mol. The Labute approximate surface area is 166 Å². The van der Waals surface area contributed by atoms with Crippen LogP contribution < -0.4 is 4.90 Å². The highest BCUT2D eigenvalue weighted by molar-refractivity contribution is 5.60. The van der Waals surface area contributed by atoms with Gasteiger partial charge in [0.2, 0.25) is 0 Å². The molecule has 0 unspecified atom stereocenters. The number of hydrogen-bond donors (Lipinski definition) is 0. The molecular formula is C24H26N4. The molecule has 0 bridgehead atoms. The highest BCUT2D eigenvalue weighted by atomic mass is 15.2. The largest absolute Gasteiger partial charge is 0.363 e. The summed E-state index contributed by atoms with van der Waals surface area (Å²) in [6.07, 6.45) is 5.00. The third kappa shape index (κ3) is 3.18. The number of pyridine rings is 2. The summed E-state index contributed by atoms with van der Waals surface area (Å²) in [6.45, 7) is 7.26. The van der Waals surface area contributed by atoms with Gasteiger partial charge < -0.3 is 4.90 Å². The summed E-state index contributed by atoms with van der Waals surface area (Å²) in [5.41, 5.74) is 6.55. The van der Waals surface area contributed by atoms with E-state index in [1.54, 1.807) is 0 Å². The van der Waals surface area contributed by atoms with Gasteiger partial charge in [0.25, 0.3) is 0 Å². The summed E-state index contributed by atoms with van der Waals surface area (Å²) in [7, 11) is 0. The summed E-state index contributed by atoms with van der Waals surface area (Å²) < 4.78 is 0. The third-order valence-corrected chi connectivity index (χ3v) is 6.12. The fourth-order valence-corrected chi connectivity index (χ4v) is 4.90. The molecule has 0 radical (unpaired) electrons. The lowest BCUT2D eigenvalue weighted by Gasteiger charge is -2.26. The Morgan fingerprint density at radius 1 is 0.929 bits per heavy atom. The smallest absolute Gasteiger partial charge is 0.0729 e. The van der Waals surface area contributed by atoms with E-state index in [9.17, 15) is 0 Å². The Kier molecular flexibility index (Phi) is 4.36. The van der Waals surface area contributed by atoms with Gasteiger partial charge in [-0.1, -0.05) is 35.9 Å². The van der Waals surface area contributed by atoms with Crippen LogP contribution in [-0.4, -0.2) is 34.5 Å². The molecule has 1 spiro atoms. The van der Waals surface area contributed by atoms with Crippen molar-refractivity contribution in [1.29, 1.82) is 0 Å². The average Bonchev–Trinajstić information content (AvgIpc) is 3.25. The second-order valence-corrected chi connectivity index (χ2v) is 8.28. The van der Waals surface area contributed by atoms with Crippen molar-refractivity contribution in [2.45, 2.75) is 31.8 Å². The third-order valence-electron chi connectivity index (χ3n) is 6.12. The van der Waals surface area contributed by atoms with Gasteiger partial charge in [0.05, 0.1) is 23.6 Å². The monoisotopic (exact) mass is 370 g/mol. The summed E-state index contributed by atoms with van der Waals surface area (Å²) in [6, 6.07) is 19.3. The van der Waals surface area contributed by atoms with Crippen LogP contribution in [0.2, 0.25) is 0 Å². The first kappa shape index (κ1) is 17.4. The van der Waals surface area contributed by atoms with Crippen molar-refractivity contribution in [3.8, 4) is 0 Å². The van der Waals surface area contributed by atoms with Crippen molar-refractivity contribution in [1.82, 2.24) is 14.9 Å². The van der Waals surface area contributed by atoms with Gasteiger partial charge in [0, 0.05) is 37.4 Å². The Morgan fingerprint density at radius 2 is 1.86 bits per heavy atom. The van der Waals surface area contributed by atoms with Crippen molar-refractivity contribution in [3.05, 3.63) is 89.5 Å². The number of nitrogens with zero attached hydrogens (tertiary/aromatic N) is 4. The lowest BCUT2D eigenvalue weighted by Crippen LogP contribution is -2.36. The van der Waals surface area contributed by atoms with Crippen LogP contribution in [0.4, 0.5) is 5.69 Å². The first-order valence-electron chi connectivity index (χ1n) is 10.1. The molecule has 5 rings (SSSR count). The van der Waals surface area contributed by atoms with Gasteiger partial charge in [-0.3, -0.25) is 14.9 Å². The summed E-state index contributed by atoms with van der Waals surface area (Å²) in [5.74, 6) is 0. The minimum Gasteiger partial charge on any atom is -0.363 e. The number of aryl methyl sites for hydroxylation is 1. The molecule has 2 aliphatic rings. The lowest BCUT2D eigenvalue weighted by atomic mass is 9.85. The van der Waals surface area contributed by atoms with Crippen LogP contribution in [0.3, 0.4) is 0 Å². The van der Waals surface area contributed by atoms with Crippen molar-refractivity contribution < 1.29 is 0 Å². The predicted molar refractivity (Wildman–Crippen MR) is 112 cm³/mol. The number of rotatable bonds is 4.